The standard InChI is InChI=1S/C10H14N2/c1-2-3-4-6-9-7-5-8-12-10(9)11/h2,5,7-8H,1,3-4,6H2,(H2,11,12). The molecular formula is C10H14N2. The summed E-state index contributed by atoms with van der Waals surface area (Å²) in [4.78, 5) is 4.01. The van der Waals surface area contributed by atoms with Gasteiger partial charge < -0.3 is 5.73 Å². The number of anilines is 1. The molecule has 0 aliphatic rings. The van der Waals surface area contributed by atoms with E-state index in [1.54, 1.807) is 6.20 Å². The Labute approximate surface area is 73.1 Å². The summed E-state index contributed by atoms with van der Waals surface area (Å²) in [7, 11) is 0. The molecule has 0 atom stereocenters. The monoisotopic (exact) mass is 162 g/mol. The first kappa shape index (κ1) is 8.78. The molecule has 0 radical (unpaired) electrons. The molecule has 0 fully saturated rings. The molecule has 2 N–H and O–H groups in total. The van der Waals surface area contributed by atoms with Crippen molar-refractivity contribution >= 4 is 5.82 Å². The smallest absolute Gasteiger partial charge is 0.126 e. The van der Waals surface area contributed by atoms with E-state index in [1.807, 2.05) is 18.2 Å². The Morgan fingerprint density at radius 1 is 1.58 bits per heavy atom. The van der Waals surface area contributed by atoms with E-state index in [4.69, 9.17) is 5.73 Å². The van der Waals surface area contributed by atoms with E-state index in [-0.39, 0.29) is 0 Å². The van der Waals surface area contributed by atoms with Gasteiger partial charge >= 0.3 is 0 Å². The van der Waals surface area contributed by atoms with E-state index < -0.39 is 0 Å². The minimum absolute atomic E-state index is 0.654. The molecule has 0 bridgehead atoms. The maximum atomic E-state index is 5.67. The summed E-state index contributed by atoms with van der Waals surface area (Å²) in [6.07, 6.45) is 6.76. The van der Waals surface area contributed by atoms with Crippen molar-refractivity contribution in [3.05, 3.63) is 36.5 Å². The van der Waals surface area contributed by atoms with Crippen LogP contribution >= 0.6 is 0 Å². The Hall–Kier alpha value is -1.31. The SMILES string of the molecule is C=CCCCc1cccnc1N. The van der Waals surface area contributed by atoms with Gasteiger partial charge in [0.25, 0.3) is 0 Å². The number of hydrogen-bond acceptors (Lipinski definition) is 2. The van der Waals surface area contributed by atoms with Gasteiger partial charge in [0.05, 0.1) is 0 Å². The maximum Gasteiger partial charge on any atom is 0.126 e. The summed E-state index contributed by atoms with van der Waals surface area (Å²) in [6.45, 7) is 3.67. The zero-order valence-electron chi connectivity index (χ0n) is 7.16. The number of nitrogens with zero attached hydrogens (tertiary/aromatic N) is 1. The first-order valence-corrected chi connectivity index (χ1v) is 4.15. The third-order valence-corrected chi connectivity index (χ3v) is 1.78. The van der Waals surface area contributed by atoms with Crippen molar-refractivity contribution in [2.75, 3.05) is 5.73 Å². The second kappa shape index (κ2) is 4.54. The second-order valence-corrected chi connectivity index (χ2v) is 2.73. The summed E-state index contributed by atoms with van der Waals surface area (Å²) in [5.74, 6) is 0.654. The highest BCUT2D eigenvalue weighted by Gasteiger charge is 1.96. The van der Waals surface area contributed by atoms with Gasteiger partial charge in [-0.05, 0) is 30.9 Å². The average molecular weight is 162 g/mol. The number of aryl methyl sites for hydroxylation is 1. The summed E-state index contributed by atoms with van der Waals surface area (Å²) >= 11 is 0. The van der Waals surface area contributed by atoms with Crippen LogP contribution in [0.15, 0.2) is 31.0 Å². The van der Waals surface area contributed by atoms with Gasteiger partial charge in [-0.2, -0.15) is 0 Å². The molecule has 0 unspecified atom stereocenters. The number of nitrogens with two attached hydrogens (primary N) is 1. The van der Waals surface area contributed by atoms with E-state index in [0.29, 0.717) is 5.82 Å². The molecule has 0 aliphatic heterocycles. The first-order valence-electron chi connectivity index (χ1n) is 4.15. The number of unbranched alkanes of at least 4 members (excludes halogenated alkanes) is 1. The molecule has 0 saturated carbocycles. The quantitative estimate of drug-likeness (QED) is 0.544. The highest BCUT2D eigenvalue weighted by atomic mass is 14.8. The van der Waals surface area contributed by atoms with Crippen LogP contribution in [-0.2, 0) is 6.42 Å². The normalized spacial score (nSPS) is 9.67. The lowest BCUT2D eigenvalue weighted by molar-refractivity contribution is 0.842. The molecule has 1 aromatic heterocycles. The third kappa shape index (κ3) is 2.38. The molecule has 0 saturated heterocycles. The molecule has 12 heavy (non-hydrogen) atoms. The molecule has 2 nitrogen and oxygen atoms in total. The fraction of sp³-hybridized carbons (Fsp3) is 0.300. The van der Waals surface area contributed by atoms with Crippen LogP contribution in [-0.4, -0.2) is 4.98 Å². The van der Waals surface area contributed by atoms with Gasteiger partial charge in [-0.3, -0.25) is 0 Å². The molecule has 2 heteroatoms. The maximum absolute atomic E-state index is 5.67. The van der Waals surface area contributed by atoms with Crippen molar-refractivity contribution in [1.82, 2.24) is 4.98 Å². The topological polar surface area (TPSA) is 38.9 Å². The molecule has 1 aromatic rings. The number of pyridine rings is 1. The van der Waals surface area contributed by atoms with Crippen LogP contribution in [0.5, 0.6) is 0 Å². The van der Waals surface area contributed by atoms with Crippen LogP contribution in [0.2, 0.25) is 0 Å². The zero-order valence-corrected chi connectivity index (χ0v) is 7.16. The van der Waals surface area contributed by atoms with Crippen molar-refractivity contribution in [3.63, 3.8) is 0 Å². The van der Waals surface area contributed by atoms with E-state index in [2.05, 4.69) is 11.6 Å². The van der Waals surface area contributed by atoms with Crippen molar-refractivity contribution in [1.29, 1.82) is 0 Å². The van der Waals surface area contributed by atoms with Crippen molar-refractivity contribution in [3.8, 4) is 0 Å². The Balaban J connectivity index is 2.51. The van der Waals surface area contributed by atoms with Gasteiger partial charge in [0.2, 0.25) is 0 Å². The van der Waals surface area contributed by atoms with E-state index in [1.165, 1.54) is 0 Å². The lowest BCUT2D eigenvalue weighted by Gasteiger charge is -2.01. The van der Waals surface area contributed by atoms with E-state index >= 15 is 0 Å². The number of allylic oxidation sites excluding steroid dienone is 1. The Bertz CT molecular complexity index is 256. The van der Waals surface area contributed by atoms with Gasteiger partial charge in [0.15, 0.2) is 0 Å². The highest BCUT2D eigenvalue weighted by Crippen LogP contribution is 2.10. The lowest BCUT2D eigenvalue weighted by Crippen LogP contribution is -1.96. The molecule has 0 aliphatic carbocycles. The van der Waals surface area contributed by atoms with Crippen LogP contribution < -0.4 is 5.73 Å². The lowest BCUT2D eigenvalue weighted by atomic mass is 10.1. The van der Waals surface area contributed by atoms with Gasteiger partial charge in [0, 0.05) is 6.20 Å². The second-order valence-electron chi connectivity index (χ2n) is 2.73. The minimum atomic E-state index is 0.654. The molecule has 0 aromatic carbocycles. The highest BCUT2D eigenvalue weighted by molar-refractivity contribution is 5.38. The first-order chi connectivity index (χ1) is 5.84. The van der Waals surface area contributed by atoms with Crippen LogP contribution in [0.25, 0.3) is 0 Å². The fourth-order valence-corrected chi connectivity index (χ4v) is 1.10. The van der Waals surface area contributed by atoms with Crippen LogP contribution in [0.4, 0.5) is 5.82 Å². The molecule has 1 rings (SSSR count). The number of aromatic nitrogens is 1. The molecule has 0 amide bonds. The molecular weight excluding hydrogens is 148 g/mol. The summed E-state index contributed by atoms with van der Waals surface area (Å²) in [6, 6.07) is 3.94. The zero-order chi connectivity index (χ0) is 8.81. The fourth-order valence-electron chi connectivity index (χ4n) is 1.10. The molecule has 0 spiro atoms. The minimum Gasteiger partial charge on any atom is -0.383 e. The average Bonchev–Trinajstić information content (AvgIpc) is 2.09. The van der Waals surface area contributed by atoms with Gasteiger partial charge in [-0.25, -0.2) is 4.98 Å². The van der Waals surface area contributed by atoms with Crippen LogP contribution in [0.3, 0.4) is 0 Å². The summed E-state index contributed by atoms with van der Waals surface area (Å²) in [5.41, 5.74) is 6.80. The van der Waals surface area contributed by atoms with Gasteiger partial charge in [-0.1, -0.05) is 12.1 Å². The number of nitrogen functional groups attached to an aromatic ring is 1. The summed E-state index contributed by atoms with van der Waals surface area (Å²) < 4.78 is 0. The predicted molar refractivity (Wildman–Crippen MR) is 51.8 cm³/mol. The van der Waals surface area contributed by atoms with Crippen molar-refractivity contribution < 1.29 is 0 Å². The number of rotatable bonds is 4. The van der Waals surface area contributed by atoms with Crippen molar-refractivity contribution in [2.24, 2.45) is 0 Å². The van der Waals surface area contributed by atoms with Crippen LogP contribution in [0, 0.1) is 0 Å². The number of hydrogen-bond donors (Lipinski definition) is 1. The van der Waals surface area contributed by atoms with E-state index in [9.17, 15) is 0 Å². The van der Waals surface area contributed by atoms with E-state index in [0.717, 1.165) is 24.8 Å². The van der Waals surface area contributed by atoms with Gasteiger partial charge in [-0.15, -0.1) is 6.58 Å². The Morgan fingerprint density at radius 2 is 2.42 bits per heavy atom. The molecule has 1 heterocycles. The largest absolute Gasteiger partial charge is 0.383 e. The van der Waals surface area contributed by atoms with Crippen molar-refractivity contribution in [2.45, 2.75) is 19.3 Å². The van der Waals surface area contributed by atoms with Crippen LogP contribution in [0.1, 0.15) is 18.4 Å². The van der Waals surface area contributed by atoms with Gasteiger partial charge in [0.1, 0.15) is 5.82 Å². The predicted octanol–water partition coefficient (Wildman–Crippen LogP) is 2.17. The third-order valence-electron chi connectivity index (χ3n) is 1.78. The molecule has 64 valence electrons. The Morgan fingerprint density at radius 3 is 3.08 bits per heavy atom. The Kier molecular flexibility index (Phi) is 3.33. The summed E-state index contributed by atoms with van der Waals surface area (Å²) in [5, 5.41) is 0.